The molecule has 0 unspecified atom stereocenters. The lowest BCUT2D eigenvalue weighted by molar-refractivity contribution is 0.175. The summed E-state index contributed by atoms with van der Waals surface area (Å²) in [5.74, 6) is 0. The van der Waals surface area contributed by atoms with E-state index in [4.69, 9.17) is 0 Å². The Morgan fingerprint density at radius 2 is 1.71 bits per heavy atom. The molecule has 0 amide bonds. The van der Waals surface area contributed by atoms with Crippen molar-refractivity contribution in [3.05, 3.63) is 6.42 Å². The van der Waals surface area contributed by atoms with Gasteiger partial charge in [0.1, 0.15) is 0 Å². The molecule has 0 heteroatoms. The van der Waals surface area contributed by atoms with Gasteiger partial charge in [-0.15, -0.1) is 0 Å². The predicted molar refractivity (Wildman–Crippen MR) is 64.3 cm³/mol. The van der Waals surface area contributed by atoms with Gasteiger partial charge in [0.15, 0.2) is 0 Å². The van der Waals surface area contributed by atoms with Crippen LogP contribution in [0.2, 0.25) is 0 Å². The molecule has 1 saturated carbocycles. The molecule has 0 atom stereocenters. The first-order valence-corrected chi connectivity index (χ1v) is 6.64. The third-order valence-electron chi connectivity index (χ3n) is 3.81. The van der Waals surface area contributed by atoms with Gasteiger partial charge < -0.3 is 0 Å². The lowest BCUT2D eigenvalue weighted by atomic mass is 9.68. The van der Waals surface area contributed by atoms with Crippen LogP contribution in [0.15, 0.2) is 0 Å². The van der Waals surface area contributed by atoms with Gasteiger partial charge in [-0.2, -0.15) is 0 Å². The lowest BCUT2D eigenvalue weighted by Gasteiger charge is -2.37. The molecule has 0 nitrogen and oxygen atoms in total. The molecule has 0 aromatic heterocycles. The van der Waals surface area contributed by atoms with Gasteiger partial charge in [-0.1, -0.05) is 52.4 Å². The fourth-order valence-electron chi connectivity index (χ4n) is 2.81. The first-order chi connectivity index (χ1) is 6.83. The Morgan fingerprint density at radius 1 is 1.07 bits per heavy atom. The molecule has 1 fully saturated rings. The molecule has 1 radical (unpaired) electrons. The molecule has 0 N–H and O–H groups in total. The van der Waals surface area contributed by atoms with E-state index in [0.29, 0.717) is 0 Å². The monoisotopic (exact) mass is 195 g/mol. The zero-order valence-corrected chi connectivity index (χ0v) is 10.1. The van der Waals surface area contributed by atoms with Crippen molar-refractivity contribution in [2.24, 2.45) is 5.41 Å². The summed E-state index contributed by atoms with van der Waals surface area (Å²) in [6.45, 7) is 4.64. The number of hydrogen-bond acceptors (Lipinski definition) is 0. The quantitative estimate of drug-likeness (QED) is 0.551. The van der Waals surface area contributed by atoms with Crippen LogP contribution in [0.4, 0.5) is 0 Å². The van der Waals surface area contributed by atoms with Crippen molar-refractivity contribution in [3.63, 3.8) is 0 Å². The van der Waals surface area contributed by atoms with Crippen LogP contribution in [0, 0.1) is 11.8 Å². The fourth-order valence-corrected chi connectivity index (χ4v) is 2.81. The Kier molecular flexibility index (Phi) is 5.59. The van der Waals surface area contributed by atoms with E-state index < -0.39 is 0 Å². The summed E-state index contributed by atoms with van der Waals surface area (Å²) in [5, 5.41) is 0. The summed E-state index contributed by atoms with van der Waals surface area (Å²) >= 11 is 0. The average Bonchev–Trinajstić information content (AvgIpc) is 2.25. The minimum atomic E-state index is 0.726. The van der Waals surface area contributed by atoms with Crippen molar-refractivity contribution in [2.45, 2.75) is 78.1 Å². The molecule has 0 aromatic carbocycles. The van der Waals surface area contributed by atoms with Crippen molar-refractivity contribution in [1.82, 2.24) is 0 Å². The Hall–Kier alpha value is 0. The second-order valence-corrected chi connectivity index (χ2v) is 5.09. The zero-order chi connectivity index (χ0) is 10.3. The van der Waals surface area contributed by atoms with E-state index in [2.05, 4.69) is 20.3 Å². The van der Waals surface area contributed by atoms with Gasteiger partial charge in [-0.05, 0) is 37.5 Å². The smallest absolute Gasteiger partial charge is 0.0295 e. The summed E-state index contributed by atoms with van der Waals surface area (Å²) in [6.07, 6.45) is 16.9. The van der Waals surface area contributed by atoms with Crippen LogP contribution in [0.1, 0.15) is 78.1 Å². The highest BCUT2D eigenvalue weighted by molar-refractivity contribution is 4.89. The summed E-state index contributed by atoms with van der Waals surface area (Å²) in [6, 6.07) is 0. The van der Waals surface area contributed by atoms with Gasteiger partial charge in [0.2, 0.25) is 0 Å². The Labute approximate surface area is 90.5 Å². The number of unbranched alkanes of at least 4 members (excludes halogenated alkanes) is 2. The van der Waals surface area contributed by atoms with Gasteiger partial charge in [0, 0.05) is 0 Å². The summed E-state index contributed by atoms with van der Waals surface area (Å²) in [7, 11) is 0. The van der Waals surface area contributed by atoms with E-state index in [1.54, 1.807) is 0 Å². The minimum Gasteiger partial charge on any atom is -0.0654 e. The molecule has 83 valence electrons. The highest BCUT2D eigenvalue weighted by Gasteiger charge is 2.30. The summed E-state index contributed by atoms with van der Waals surface area (Å²) in [5.41, 5.74) is 0.726. The van der Waals surface area contributed by atoms with Crippen molar-refractivity contribution in [1.29, 1.82) is 0 Å². The standard InChI is InChI=1S/C14H27/c1-3-5-10-14(11-6-4-2)12-8-7-9-13-14/h8H,3-7,9-13H2,1-2H3. The second-order valence-electron chi connectivity index (χ2n) is 5.09. The van der Waals surface area contributed by atoms with Crippen LogP contribution >= 0.6 is 0 Å². The molecule has 1 aliphatic rings. The summed E-state index contributed by atoms with van der Waals surface area (Å²) in [4.78, 5) is 0. The van der Waals surface area contributed by atoms with E-state index in [-0.39, 0.29) is 0 Å². The fraction of sp³-hybridized carbons (Fsp3) is 0.929. The Bertz CT molecular complexity index is 121. The molecule has 1 rings (SSSR count). The minimum absolute atomic E-state index is 0.726. The van der Waals surface area contributed by atoms with Crippen molar-refractivity contribution < 1.29 is 0 Å². The summed E-state index contributed by atoms with van der Waals surface area (Å²) < 4.78 is 0. The molecule has 1 aliphatic carbocycles. The normalized spacial score (nSPS) is 21.0. The van der Waals surface area contributed by atoms with E-state index in [0.717, 1.165) is 5.41 Å². The van der Waals surface area contributed by atoms with Gasteiger partial charge in [0.05, 0.1) is 0 Å². The molecule has 0 bridgehead atoms. The Balaban J connectivity index is 2.39. The van der Waals surface area contributed by atoms with Gasteiger partial charge >= 0.3 is 0 Å². The van der Waals surface area contributed by atoms with Crippen LogP contribution in [-0.2, 0) is 0 Å². The maximum absolute atomic E-state index is 2.55. The van der Waals surface area contributed by atoms with Crippen LogP contribution < -0.4 is 0 Å². The highest BCUT2D eigenvalue weighted by Crippen LogP contribution is 2.44. The van der Waals surface area contributed by atoms with Gasteiger partial charge in [0.25, 0.3) is 0 Å². The molecule has 0 heterocycles. The van der Waals surface area contributed by atoms with Crippen LogP contribution in [0.25, 0.3) is 0 Å². The highest BCUT2D eigenvalue weighted by atomic mass is 14.4. The molecule has 14 heavy (non-hydrogen) atoms. The maximum atomic E-state index is 2.55. The maximum Gasteiger partial charge on any atom is -0.0295 e. The first-order valence-electron chi connectivity index (χ1n) is 6.64. The van der Waals surface area contributed by atoms with Crippen molar-refractivity contribution >= 4 is 0 Å². The lowest BCUT2D eigenvalue weighted by Crippen LogP contribution is -2.24. The molecular formula is C14H27. The average molecular weight is 195 g/mol. The van der Waals surface area contributed by atoms with E-state index in [1.165, 1.54) is 64.2 Å². The second kappa shape index (κ2) is 6.48. The van der Waals surface area contributed by atoms with E-state index in [9.17, 15) is 0 Å². The van der Waals surface area contributed by atoms with Crippen LogP contribution in [0.3, 0.4) is 0 Å². The SMILES string of the molecule is CCCCC1(CCCC)C[CH]CCC1. The van der Waals surface area contributed by atoms with E-state index in [1.807, 2.05) is 0 Å². The van der Waals surface area contributed by atoms with Crippen molar-refractivity contribution in [3.8, 4) is 0 Å². The third-order valence-corrected chi connectivity index (χ3v) is 3.81. The molecule has 0 spiro atoms. The van der Waals surface area contributed by atoms with Crippen LogP contribution in [0.5, 0.6) is 0 Å². The van der Waals surface area contributed by atoms with Crippen molar-refractivity contribution in [2.75, 3.05) is 0 Å². The van der Waals surface area contributed by atoms with Crippen LogP contribution in [-0.4, -0.2) is 0 Å². The number of rotatable bonds is 6. The zero-order valence-electron chi connectivity index (χ0n) is 10.1. The Morgan fingerprint density at radius 3 is 2.14 bits per heavy atom. The van der Waals surface area contributed by atoms with Gasteiger partial charge in [-0.25, -0.2) is 0 Å². The molecule has 0 aliphatic heterocycles. The number of hydrogen-bond donors (Lipinski definition) is 0. The topological polar surface area (TPSA) is 0 Å². The molecule has 0 saturated heterocycles. The predicted octanol–water partition coefficient (Wildman–Crippen LogP) is 5.13. The van der Waals surface area contributed by atoms with Gasteiger partial charge in [-0.3, -0.25) is 0 Å². The van der Waals surface area contributed by atoms with E-state index >= 15 is 0 Å². The third kappa shape index (κ3) is 3.63. The molecular weight excluding hydrogens is 168 g/mol. The largest absolute Gasteiger partial charge is 0.0654 e. The molecule has 0 aromatic rings. The first kappa shape index (κ1) is 12.1.